The van der Waals surface area contributed by atoms with E-state index < -0.39 is 0 Å². The summed E-state index contributed by atoms with van der Waals surface area (Å²) in [6, 6.07) is 0.946. The molecule has 2 rings (SSSR count). The number of hydrogen-bond donors (Lipinski definition) is 2. The minimum atomic E-state index is 0.120. The van der Waals surface area contributed by atoms with Gasteiger partial charge < -0.3 is 0 Å². The van der Waals surface area contributed by atoms with Crippen LogP contribution < -0.4 is 10.6 Å². The van der Waals surface area contributed by atoms with E-state index in [0.29, 0.717) is 23.8 Å². The first kappa shape index (κ1) is 12.5. The Labute approximate surface area is 105 Å². The van der Waals surface area contributed by atoms with E-state index in [9.17, 15) is 9.59 Å². The Kier molecular flexibility index (Phi) is 3.60. The summed E-state index contributed by atoms with van der Waals surface area (Å²) in [5.41, 5.74) is 0. The van der Waals surface area contributed by atoms with E-state index in [4.69, 9.17) is 0 Å². The average molecular weight is 523 g/mol. The Bertz CT molecular complexity index is 342. The predicted molar refractivity (Wildman–Crippen MR) is 66.7 cm³/mol. The third-order valence-corrected chi connectivity index (χ3v) is 8.58. The molecule has 18 heavy (non-hydrogen) atoms. The molecule has 7 heteroatoms. The van der Waals surface area contributed by atoms with Crippen LogP contribution in [-0.2, 0) is 4.79 Å². The van der Waals surface area contributed by atoms with Crippen LogP contribution in [0.15, 0.2) is 0 Å². The Balaban J connectivity index is 1.72. The van der Waals surface area contributed by atoms with Crippen molar-refractivity contribution in [2.45, 2.75) is 43.0 Å². The van der Waals surface area contributed by atoms with Gasteiger partial charge in [0.15, 0.2) is 0 Å². The van der Waals surface area contributed by atoms with E-state index in [1.54, 1.807) is 7.05 Å². The van der Waals surface area contributed by atoms with Gasteiger partial charge in [-0.25, -0.2) is 0 Å². The predicted octanol–water partition coefficient (Wildman–Crippen LogP) is 0.635. The maximum absolute atomic E-state index is 11.6. The summed E-state index contributed by atoms with van der Waals surface area (Å²) in [5, 5.41) is 8.33. The zero-order valence-corrected chi connectivity index (χ0v) is 17.9. The number of amides is 3. The van der Waals surface area contributed by atoms with Crippen molar-refractivity contribution >= 4 is 23.7 Å². The van der Waals surface area contributed by atoms with Crippen LogP contribution in [0.5, 0.6) is 0 Å². The van der Waals surface area contributed by atoms with Crippen molar-refractivity contribution in [2.75, 3.05) is 12.8 Å². The maximum atomic E-state index is 11.6. The van der Waals surface area contributed by atoms with E-state index >= 15 is 0 Å². The number of urea groups is 1. The minimum absolute atomic E-state index is 0.120. The molecule has 0 spiro atoms. The molecule has 2 heterocycles. The molecular formula is C11H18N3O2RfS. The van der Waals surface area contributed by atoms with E-state index in [1.165, 1.54) is 0 Å². The number of unbranched alkanes of at least 4 members (excludes halogenated alkanes) is 1. The fraction of sp³-hybridized carbons (Fsp3) is 0.818. The first-order chi connectivity index (χ1) is 8.63. The number of hydrogen-bond acceptors (Lipinski definition) is 3. The van der Waals surface area contributed by atoms with Gasteiger partial charge in [0.05, 0.1) is 0 Å². The van der Waals surface area contributed by atoms with Crippen molar-refractivity contribution in [3.63, 3.8) is 0 Å². The number of carbonyl (C=O) groups excluding carboxylic acids is 2. The van der Waals surface area contributed by atoms with Crippen LogP contribution in [0.4, 0.5) is 4.79 Å². The number of fused-ring (bicyclic) bond motifs is 1. The van der Waals surface area contributed by atoms with Crippen LogP contribution in [0.1, 0.15) is 25.7 Å². The number of nitrogens with zero attached hydrogens (tertiary/aromatic N) is 1. The summed E-state index contributed by atoms with van der Waals surface area (Å²) in [6.07, 6.45) is 3.73. The van der Waals surface area contributed by atoms with Gasteiger partial charge in [-0.1, -0.05) is 0 Å². The second kappa shape index (κ2) is 5.16. The third-order valence-electron chi connectivity index (χ3n) is 3.67. The van der Waals surface area contributed by atoms with Crippen LogP contribution in [0, 0.1) is 0 Å². The van der Waals surface area contributed by atoms with Crippen molar-refractivity contribution in [2.24, 2.45) is 0 Å². The fourth-order valence-corrected chi connectivity index (χ4v) is 7.04. The van der Waals surface area contributed by atoms with Crippen LogP contribution in [0.25, 0.3) is 0 Å². The van der Waals surface area contributed by atoms with Gasteiger partial charge in [-0.2, -0.15) is 0 Å². The zero-order valence-electron chi connectivity index (χ0n) is 10.6. The first-order valence-corrected chi connectivity index (χ1v) is 10.3. The second-order valence-corrected chi connectivity index (χ2v) is 9.16. The van der Waals surface area contributed by atoms with Crippen LogP contribution in [-0.4, -0.2) is 47.4 Å². The number of carbonyl (C=O) groups is 2. The Hall–Kier alpha value is -1.91. The van der Waals surface area contributed by atoms with Crippen molar-refractivity contribution < 1.29 is 9.59 Å². The molecule has 0 aromatic heterocycles. The first-order valence-electron chi connectivity index (χ1n) is 6.36. The molecule has 0 unspecified atom stereocenters. The molecule has 2 N–H and O–H groups in total. The molecule has 0 radical (unpaired) electrons. The summed E-state index contributed by atoms with van der Waals surface area (Å²) >= 11 is 1.98. The van der Waals surface area contributed by atoms with Gasteiger partial charge in [-0.05, 0) is 0 Å². The molecule has 97 valence electrons. The van der Waals surface area contributed by atoms with Crippen LogP contribution >= 0.6 is 11.8 Å². The quantitative estimate of drug-likeness (QED) is 0.411. The summed E-state index contributed by atoms with van der Waals surface area (Å²) in [5.74, 6) is 1.20. The van der Waals surface area contributed by atoms with Gasteiger partial charge in [0.25, 0.3) is 0 Å². The summed E-state index contributed by atoms with van der Waals surface area (Å²) in [4.78, 5) is 22.7. The third kappa shape index (κ3) is 2.34. The molecule has 0 aromatic rings. The molecule has 0 bridgehead atoms. The Morgan fingerprint density at radius 2 is 2.39 bits per heavy atom. The summed E-state index contributed by atoms with van der Waals surface area (Å²) in [7, 11) is 1.68. The molecule has 2 aliphatic rings. The van der Waals surface area contributed by atoms with E-state index in [1.807, 2.05) is 17.1 Å². The molecule has 5 nitrogen and oxygen atoms in total. The Morgan fingerprint density at radius 1 is 1.61 bits per heavy atom. The number of thioether (sulfide) groups is 1. The van der Waals surface area contributed by atoms with Gasteiger partial charge >= 0.3 is 105 Å². The van der Waals surface area contributed by atoms with E-state index in [2.05, 4.69) is 10.6 Å². The average Bonchev–Trinajstić information content (AvgIpc) is 2.87. The molecule has 2 fully saturated rings. The SMILES string of the molecule is CNC(=O)CCCC[C@@H]1SC[C@H]2[C@@H]1NC(=O)[N]2[Rf]. The van der Waals surface area contributed by atoms with Gasteiger partial charge in [0.1, 0.15) is 0 Å². The summed E-state index contributed by atoms with van der Waals surface area (Å²) < 4.78 is 0.270. The van der Waals surface area contributed by atoms with E-state index in [0.717, 1.165) is 25.0 Å². The molecule has 3 atom stereocenters. The number of nitrogens with one attached hydrogen (secondary N) is 2. The van der Waals surface area contributed by atoms with Crippen molar-refractivity contribution in [3.8, 4) is 0 Å². The zero-order chi connectivity index (χ0) is 13.1. The standard InChI is InChI=1S/C11H19N3O2S.Rf/c1-12-9(15)5-3-2-4-8-10-7(6-17-8)13-11(16)14-10;/h7-8,10H,2-6H2,1H3,(H3,12,13,14,15,16);/q;+1/p-1/t7-,8-,10-;/m0./s1. The molecule has 2 saturated heterocycles. The molecule has 0 saturated carbocycles. The molecule has 0 aromatic carbocycles. The summed E-state index contributed by atoms with van der Waals surface area (Å²) in [6.45, 7) is 0. The molecular weight excluding hydrogens is 505 g/mol. The topological polar surface area (TPSA) is 61.4 Å². The monoisotopic (exact) mass is 523 g/mol. The van der Waals surface area contributed by atoms with Gasteiger partial charge in [0.2, 0.25) is 0 Å². The molecule has 2 aliphatic heterocycles. The van der Waals surface area contributed by atoms with Gasteiger partial charge in [-0.15, -0.1) is 0 Å². The van der Waals surface area contributed by atoms with E-state index in [-0.39, 0.29) is 11.9 Å². The van der Waals surface area contributed by atoms with Crippen molar-refractivity contribution in [1.82, 2.24) is 16.0 Å². The van der Waals surface area contributed by atoms with Crippen molar-refractivity contribution in [1.29, 1.82) is 0 Å². The number of rotatable bonds is 5. The molecule has 3 amide bonds. The molecule has 0 aliphatic carbocycles. The van der Waals surface area contributed by atoms with Crippen LogP contribution in [0.3, 0.4) is 0 Å². The normalized spacial score (nSPS) is 30.3. The van der Waals surface area contributed by atoms with Crippen LogP contribution in [0.2, 0.25) is 0 Å². The van der Waals surface area contributed by atoms with Gasteiger partial charge in [-0.3, -0.25) is 0 Å². The van der Waals surface area contributed by atoms with Gasteiger partial charge in [0, 0.05) is 0 Å². The fourth-order valence-electron chi connectivity index (χ4n) is 2.55. The van der Waals surface area contributed by atoms with Crippen molar-refractivity contribution in [3.05, 3.63) is 0 Å². The second-order valence-electron chi connectivity index (χ2n) is 4.80. The Morgan fingerprint density at radius 3 is 3.11 bits per heavy atom.